The molecule has 0 saturated carbocycles. The van der Waals surface area contributed by atoms with Crippen LogP contribution in [0.1, 0.15) is 6.42 Å². The third-order valence-electron chi connectivity index (χ3n) is 1.97. The molecule has 5 heteroatoms. The molecule has 1 fully saturated rings. The highest BCUT2D eigenvalue weighted by Gasteiger charge is 2.26. The molecule has 0 aromatic carbocycles. The zero-order valence-electron chi connectivity index (χ0n) is 6.29. The van der Waals surface area contributed by atoms with Gasteiger partial charge in [-0.2, -0.15) is 5.53 Å². The zero-order chi connectivity index (χ0) is 8.55. The van der Waals surface area contributed by atoms with E-state index in [1.807, 2.05) is 6.08 Å². The van der Waals surface area contributed by atoms with Gasteiger partial charge in [0.1, 0.15) is 0 Å². The monoisotopic (exact) mass is 167 g/mol. The average Bonchev–Trinajstić information content (AvgIpc) is 2.49. The zero-order valence-corrected chi connectivity index (χ0v) is 6.29. The van der Waals surface area contributed by atoms with Gasteiger partial charge in [0.05, 0.1) is 17.3 Å². The lowest BCUT2D eigenvalue weighted by Crippen LogP contribution is -2.33. The predicted molar refractivity (Wildman–Crippen MR) is 41.6 cm³/mol. The number of hydrogen-bond acceptors (Lipinski definition) is 4. The molecule has 1 aliphatic carbocycles. The Morgan fingerprint density at radius 3 is 3.25 bits per heavy atom. The van der Waals surface area contributed by atoms with Crippen molar-refractivity contribution >= 4 is 5.97 Å². The molecular formula is C7H9N3O2. The van der Waals surface area contributed by atoms with Crippen LogP contribution >= 0.6 is 0 Å². The molecule has 0 bridgehead atoms. The second kappa shape index (κ2) is 2.62. The van der Waals surface area contributed by atoms with Crippen LogP contribution in [0.25, 0.3) is 0 Å². The van der Waals surface area contributed by atoms with Gasteiger partial charge in [-0.15, -0.1) is 0 Å². The van der Waals surface area contributed by atoms with Crippen molar-refractivity contribution in [2.45, 2.75) is 12.5 Å². The highest BCUT2D eigenvalue weighted by atomic mass is 16.4. The lowest BCUT2D eigenvalue weighted by atomic mass is 10.00. The standard InChI is InChI=1S/C7H9N3O2/c11-7(12)4-2-1-3-5-6(4)9-10-8-5/h1-2,5,8-10H,3H2,(H,11,12). The van der Waals surface area contributed by atoms with Gasteiger partial charge in [-0.1, -0.05) is 6.08 Å². The molecule has 12 heavy (non-hydrogen) atoms. The number of hydrazine groups is 2. The van der Waals surface area contributed by atoms with E-state index in [1.54, 1.807) is 6.08 Å². The van der Waals surface area contributed by atoms with E-state index in [-0.39, 0.29) is 6.04 Å². The summed E-state index contributed by atoms with van der Waals surface area (Å²) in [5.41, 5.74) is 9.41. The smallest absolute Gasteiger partial charge is 0.337 e. The third kappa shape index (κ3) is 0.992. The van der Waals surface area contributed by atoms with Gasteiger partial charge in [-0.25, -0.2) is 10.2 Å². The second-order valence-electron chi connectivity index (χ2n) is 2.72. The molecule has 0 aromatic heterocycles. The molecule has 0 radical (unpaired) electrons. The SMILES string of the molecule is O=C(O)C1=C2NNNC2CC=C1. The van der Waals surface area contributed by atoms with E-state index in [2.05, 4.69) is 16.4 Å². The quantitative estimate of drug-likeness (QED) is 0.414. The summed E-state index contributed by atoms with van der Waals surface area (Å²) in [5.74, 6) is -0.899. The van der Waals surface area contributed by atoms with Gasteiger partial charge in [0.15, 0.2) is 0 Å². The first kappa shape index (κ1) is 7.33. The van der Waals surface area contributed by atoms with E-state index in [0.717, 1.165) is 6.42 Å². The van der Waals surface area contributed by atoms with Crippen molar-refractivity contribution in [3.05, 3.63) is 23.4 Å². The van der Waals surface area contributed by atoms with Crippen molar-refractivity contribution in [1.82, 2.24) is 16.4 Å². The number of carbonyl (C=O) groups is 1. The minimum atomic E-state index is -0.899. The van der Waals surface area contributed by atoms with Crippen molar-refractivity contribution in [3.63, 3.8) is 0 Å². The Labute approximate surface area is 69.1 Å². The van der Waals surface area contributed by atoms with Gasteiger partial charge in [0.25, 0.3) is 0 Å². The fourth-order valence-electron chi connectivity index (χ4n) is 1.38. The number of carboxylic acids is 1. The normalized spacial score (nSPS) is 26.8. The number of carboxylic acid groups (broad SMARTS) is 1. The van der Waals surface area contributed by atoms with E-state index in [9.17, 15) is 4.79 Å². The molecule has 1 aliphatic heterocycles. The van der Waals surface area contributed by atoms with E-state index < -0.39 is 5.97 Å². The maximum absolute atomic E-state index is 10.7. The van der Waals surface area contributed by atoms with Crippen molar-refractivity contribution in [2.75, 3.05) is 0 Å². The maximum atomic E-state index is 10.7. The largest absolute Gasteiger partial charge is 0.478 e. The Kier molecular flexibility index (Phi) is 1.60. The highest BCUT2D eigenvalue weighted by Crippen LogP contribution is 2.18. The molecule has 0 spiro atoms. The fourth-order valence-corrected chi connectivity index (χ4v) is 1.38. The third-order valence-corrected chi connectivity index (χ3v) is 1.97. The maximum Gasteiger partial charge on any atom is 0.337 e. The van der Waals surface area contributed by atoms with Crippen LogP contribution < -0.4 is 16.4 Å². The van der Waals surface area contributed by atoms with Crippen LogP contribution in [0.4, 0.5) is 0 Å². The lowest BCUT2D eigenvalue weighted by Gasteiger charge is -2.13. The first-order chi connectivity index (χ1) is 5.79. The predicted octanol–water partition coefficient (Wildman–Crippen LogP) is -0.734. The van der Waals surface area contributed by atoms with Gasteiger partial charge >= 0.3 is 5.97 Å². The van der Waals surface area contributed by atoms with Crippen LogP contribution in [-0.2, 0) is 4.79 Å². The molecule has 2 aliphatic rings. The topological polar surface area (TPSA) is 73.4 Å². The highest BCUT2D eigenvalue weighted by molar-refractivity contribution is 5.91. The number of nitrogens with one attached hydrogen (secondary N) is 3. The Hall–Kier alpha value is -1.33. The minimum Gasteiger partial charge on any atom is -0.478 e. The molecule has 2 rings (SSSR count). The van der Waals surface area contributed by atoms with Crippen LogP contribution in [0.2, 0.25) is 0 Å². The van der Waals surface area contributed by atoms with Crippen LogP contribution in [0.5, 0.6) is 0 Å². The summed E-state index contributed by atoms with van der Waals surface area (Å²) in [6, 6.07) is 0.0705. The summed E-state index contributed by atoms with van der Waals surface area (Å²) in [7, 11) is 0. The van der Waals surface area contributed by atoms with E-state index in [1.165, 1.54) is 0 Å². The summed E-state index contributed by atoms with van der Waals surface area (Å²) in [6.45, 7) is 0. The second-order valence-corrected chi connectivity index (χ2v) is 2.72. The lowest BCUT2D eigenvalue weighted by molar-refractivity contribution is -0.132. The van der Waals surface area contributed by atoms with Crippen LogP contribution in [0.15, 0.2) is 23.4 Å². The van der Waals surface area contributed by atoms with E-state index >= 15 is 0 Å². The molecule has 1 saturated heterocycles. The van der Waals surface area contributed by atoms with Crippen molar-refractivity contribution in [3.8, 4) is 0 Å². The molecule has 1 unspecified atom stereocenters. The number of rotatable bonds is 1. The van der Waals surface area contributed by atoms with Crippen molar-refractivity contribution in [1.29, 1.82) is 0 Å². The summed E-state index contributed by atoms with van der Waals surface area (Å²) in [5, 5.41) is 8.78. The van der Waals surface area contributed by atoms with Crippen molar-refractivity contribution < 1.29 is 9.90 Å². The molecule has 1 atom stereocenters. The van der Waals surface area contributed by atoms with Crippen LogP contribution in [0, 0.1) is 0 Å². The van der Waals surface area contributed by atoms with Crippen LogP contribution in [0.3, 0.4) is 0 Å². The van der Waals surface area contributed by atoms with Gasteiger partial charge in [0, 0.05) is 0 Å². The average molecular weight is 167 g/mol. The number of hydrogen-bond donors (Lipinski definition) is 4. The summed E-state index contributed by atoms with van der Waals surface area (Å²) in [6.07, 6.45) is 4.28. The van der Waals surface area contributed by atoms with Gasteiger partial charge in [0.2, 0.25) is 0 Å². The first-order valence-corrected chi connectivity index (χ1v) is 3.69. The number of fused-ring (bicyclic) bond motifs is 1. The molecule has 0 aromatic rings. The Morgan fingerprint density at radius 2 is 2.50 bits per heavy atom. The summed E-state index contributed by atoms with van der Waals surface area (Å²) >= 11 is 0. The molecule has 64 valence electrons. The Morgan fingerprint density at radius 1 is 1.67 bits per heavy atom. The minimum absolute atomic E-state index is 0.0705. The summed E-state index contributed by atoms with van der Waals surface area (Å²) < 4.78 is 0. The van der Waals surface area contributed by atoms with E-state index in [0.29, 0.717) is 11.3 Å². The van der Waals surface area contributed by atoms with Crippen molar-refractivity contribution in [2.24, 2.45) is 0 Å². The van der Waals surface area contributed by atoms with E-state index in [4.69, 9.17) is 5.11 Å². The number of aliphatic carboxylic acids is 1. The molecule has 0 amide bonds. The van der Waals surface area contributed by atoms with Crippen LogP contribution in [-0.4, -0.2) is 17.1 Å². The van der Waals surface area contributed by atoms with Gasteiger partial charge in [-0.05, 0) is 12.5 Å². The molecule has 1 heterocycles. The Balaban J connectivity index is 2.38. The van der Waals surface area contributed by atoms with Gasteiger partial charge < -0.3 is 10.5 Å². The first-order valence-electron chi connectivity index (χ1n) is 3.69. The van der Waals surface area contributed by atoms with Gasteiger partial charge in [-0.3, -0.25) is 0 Å². The molecule has 5 nitrogen and oxygen atoms in total. The summed E-state index contributed by atoms with van der Waals surface area (Å²) in [4.78, 5) is 10.7. The Bertz CT molecular complexity index is 282. The molecule has 4 N–H and O–H groups in total. The molecular weight excluding hydrogens is 158 g/mol. The fraction of sp³-hybridized carbons (Fsp3) is 0.286.